The van der Waals surface area contributed by atoms with Crippen molar-refractivity contribution < 1.29 is 4.79 Å². The Morgan fingerprint density at radius 1 is 1.57 bits per heavy atom. The largest absolute Gasteiger partial charge is 0.352 e. The standard InChI is InChI=1S/C16H24N4O/c1-5-14(21)18-11-12-7-6-10-20(12)13-8-9-17-15(19-13)16(2,3)4/h5,8-9,12H,1,6-7,10-11H2,2-4H3,(H,18,21)/t12-/m0/s1. The van der Waals surface area contributed by atoms with Crippen molar-refractivity contribution in [1.82, 2.24) is 15.3 Å². The van der Waals surface area contributed by atoms with Crippen LogP contribution in [0.1, 0.15) is 39.4 Å². The lowest BCUT2D eigenvalue weighted by atomic mass is 9.96. The van der Waals surface area contributed by atoms with Gasteiger partial charge in [-0.05, 0) is 25.0 Å². The molecule has 0 bridgehead atoms. The molecule has 21 heavy (non-hydrogen) atoms. The molecule has 0 aliphatic carbocycles. The Bertz CT molecular complexity index is 521. The Kier molecular flexibility index (Phi) is 4.60. The van der Waals surface area contributed by atoms with Crippen LogP contribution in [-0.4, -0.2) is 35.0 Å². The van der Waals surface area contributed by atoms with Crippen molar-refractivity contribution in [2.75, 3.05) is 18.0 Å². The van der Waals surface area contributed by atoms with E-state index < -0.39 is 0 Å². The van der Waals surface area contributed by atoms with Gasteiger partial charge >= 0.3 is 0 Å². The molecule has 1 fully saturated rings. The van der Waals surface area contributed by atoms with Crippen molar-refractivity contribution in [3.8, 4) is 0 Å². The molecular weight excluding hydrogens is 264 g/mol. The van der Waals surface area contributed by atoms with Gasteiger partial charge in [0.25, 0.3) is 0 Å². The molecule has 5 nitrogen and oxygen atoms in total. The quantitative estimate of drug-likeness (QED) is 0.861. The minimum atomic E-state index is -0.125. The molecule has 0 spiro atoms. The first-order valence-electron chi connectivity index (χ1n) is 7.42. The average molecular weight is 288 g/mol. The highest BCUT2D eigenvalue weighted by Gasteiger charge is 2.27. The Hall–Kier alpha value is -1.91. The van der Waals surface area contributed by atoms with Gasteiger partial charge in [0.1, 0.15) is 11.6 Å². The number of anilines is 1. The van der Waals surface area contributed by atoms with Crippen LogP contribution in [-0.2, 0) is 10.2 Å². The van der Waals surface area contributed by atoms with Gasteiger partial charge in [0.2, 0.25) is 5.91 Å². The summed E-state index contributed by atoms with van der Waals surface area (Å²) in [6, 6.07) is 2.24. The number of nitrogens with one attached hydrogen (secondary N) is 1. The first-order valence-corrected chi connectivity index (χ1v) is 7.42. The maximum atomic E-state index is 11.3. The minimum Gasteiger partial charge on any atom is -0.352 e. The second-order valence-electron chi connectivity index (χ2n) is 6.43. The summed E-state index contributed by atoms with van der Waals surface area (Å²) in [7, 11) is 0. The SMILES string of the molecule is C=CC(=O)NC[C@@H]1CCCN1c1ccnc(C(C)(C)C)n1. The number of aromatic nitrogens is 2. The molecule has 1 aromatic heterocycles. The van der Waals surface area contributed by atoms with E-state index in [-0.39, 0.29) is 17.4 Å². The Labute approximate surface area is 126 Å². The van der Waals surface area contributed by atoms with E-state index in [1.54, 1.807) is 0 Å². The van der Waals surface area contributed by atoms with Crippen LogP contribution in [0.3, 0.4) is 0 Å². The second kappa shape index (κ2) is 6.24. The van der Waals surface area contributed by atoms with Gasteiger partial charge in [-0.25, -0.2) is 9.97 Å². The van der Waals surface area contributed by atoms with Crippen molar-refractivity contribution in [2.24, 2.45) is 0 Å². The van der Waals surface area contributed by atoms with Crippen molar-refractivity contribution in [3.05, 3.63) is 30.7 Å². The summed E-state index contributed by atoms with van der Waals surface area (Å²) in [6.45, 7) is 11.4. The fourth-order valence-corrected chi connectivity index (χ4v) is 2.51. The summed E-state index contributed by atoms with van der Waals surface area (Å²) >= 11 is 0. The van der Waals surface area contributed by atoms with Crippen LogP contribution in [0, 0.1) is 0 Å². The first kappa shape index (κ1) is 15.5. The number of nitrogens with zero attached hydrogens (tertiary/aromatic N) is 3. The number of hydrogen-bond acceptors (Lipinski definition) is 4. The molecule has 1 saturated heterocycles. The van der Waals surface area contributed by atoms with Crippen LogP contribution >= 0.6 is 0 Å². The van der Waals surface area contributed by atoms with Gasteiger partial charge in [0.05, 0.1) is 0 Å². The van der Waals surface area contributed by atoms with Crippen LogP contribution in [0.4, 0.5) is 5.82 Å². The summed E-state index contributed by atoms with van der Waals surface area (Å²) in [4.78, 5) is 22.7. The lowest BCUT2D eigenvalue weighted by molar-refractivity contribution is -0.116. The molecule has 0 unspecified atom stereocenters. The van der Waals surface area contributed by atoms with E-state index in [0.29, 0.717) is 6.54 Å². The van der Waals surface area contributed by atoms with Crippen LogP contribution in [0.15, 0.2) is 24.9 Å². The highest BCUT2D eigenvalue weighted by atomic mass is 16.1. The van der Waals surface area contributed by atoms with E-state index >= 15 is 0 Å². The number of hydrogen-bond donors (Lipinski definition) is 1. The third kappa shape index (κ3) is 3.80. The number of carbonyl (C=O) groups is 1. The molecule has 0 aromatic carbocycles. The van der Waals surface area contributed by atoms with Gasteiger partial charge in [-0.15, -0.1) is 0 Å². The topological polar surface area (TPSA) is 58.1 Å². The normalized spacial score (nSPS) is 18.6. The van der Waals surface area contributed by atoms with E-state index in [4.69, 9.17) is 4.98 Å². The Morgan fingerprint density at radius 2 is 2.33 bits per heavy atom. The minimum absolute atomic E-state index is 0.0672. The summed E-state index contributed by atoms with van der Waals surface area (Å²) in [6.07, 6.45) is 5.30. The zero-order chi connectivity index (χ0) is 15.5. The Morgan fingerprint density at radius 3 is 3.00 bits per heavy atom. The van der Waals surface area contributed by atoms with Crippen LogP contribution in [0.5, 0.6) is 0 Å². The molecule has 1 aliphatic rings. The van der Waals surface area contributed by atoms with E-state index in [2.05, 4.69) is 42.6 Å². The van der Waals surface area contributed by atoms with Crippen molar-refractivity contribution in [3.63, 3.8) is 0 Å². The van der Waals surface area contributed by atoms with Gasteiger partial charge in [0, 0.05) is 30.7 Å². The molecule has 2 heterocycles. The second-order valence-corrected chi connectivity index (χ2v) is 6.43. The zero-order valence-electron chi connectivity index (χ0n) is 13.1. The van der Waals surface area contributed by atoms with E-state index in [1.807, 2.05) is 12.3 Å². The molecule has 1 aromatic rings. The molecule has 0 saturated carbocycles. The van der Waals surface area contributed by atoms with Crippen molar-refractivity contribution in [1.29, 1.82) is 0 Å². The highest BCUT2D eigenvalue weighted by molar-refractivity contribution is 5.86. The molecule has 1 amide bonds. The highest BCUT2D eigenvalue weighted by Crippen LogP contribution is 2.25. The molecule has 114 valence electrons. The molecule has 0 radical (unpaired) electrons. The molecule has 2 rings (SSSR count). The maximum absolute atomic E-state index is 11.3. The van der Waals surface area contributed by atoms with Crippen LogP contribution in [0.25, 0.3) is 0 Å². The number of rotatable bonds is 4. The van der Waals surface area contributed by atoms with Crippen molar-refractivity contribution in [2.45, 2.75) is 45.1 Å². The fraction of sp³-hybridized carbons (Fsp3) is 0.562. The first-order chi connectivity index (χ1) is 9.91. The third-order valence-electron chi connectivity index (χ3n) is 3.68. The van der Waals surface area contributed by atoms with E-state index in [1.165, 1.54) is 6.08 Å². The Balaban J connectivity index is 2.12. The third-order valence-corrected chi connectivity index (χ3v) is 3.68. The molecule has 1 aliphatic heterocycles. The summed E-state index contributed by atoms with van der Waals surface area (Å²) in [5.41, 5.74) is -0.0672. The summed E-state index contributed by atoms with van der Waals surface area (Å²) < 4.78 is 0. The van der Waals surface area contributed by atoms with Crippen LogP contribution in [0.2, 0.25) is 0 Å². The van der Waals surface area contributed by atoms with Gasteiger partial charge in [-0.2, -0.15) is 0 Å². The zero-order valence-corrected chi connectivity index (χ0v) is 13.1. The fourth-order valence-electron chi connectivity index (χ4n) is 2.51. The number of carbonyl (C=O) groups excluding carboxylic acids is 1. The predicted octanol–water partition coefficient (Wildman–Crippen LogP) is 2.05. The van der Waals surface area contributed by atoms with Gasteiger partial charge in [-0.1, -0.05) is 27.4 Å². The van der Waals surface area contributed by atoms with Gasteiger partial charge < -0.3 is 10.2 Å². The van der Waals surface area contributed by atoms with Crippen molar-refractivity contribution >= 4 is 11.7 Å². The predicted molar refractivity (Wildman–Crippen MR) is 84.3 cm³/mol. The molecule has 1 atom stereocenters. The molecule has 5 heteroatoms. The lowest BCUT2D eigenvalue weighted by Gasteiger charge is -2.27. The van der Waals surface area contributed by atoms with E-state index in [0.717, 1.165) is 31.0 Å². The molecular formula is C16H24N4O. The summed E-state index contributed by atoms with van der Waals surface area (Å²) in [5, 5.41) is 2.88. The molecule has 1 N–H and O–H groups in total. The number of amides is 1. The van der Waals surface area contributed by atoms with Crippen LogP contribution < -0.4 is 10.2 Å². The monoisotopic (exact) mass is 288 g/mol. The maximum Gasteiger partial charge on any atom is 0.243 e. The average Bonchev–Trinajstić information content (AvgIpc) is 2.92. The lowest BCUT2D eigenvalue weighted by Crippen LogP contribution is -2.40. The smallest absolute Gasteiger partial charge is 0.243 e. The van der Waals surface area contributed by atoms with Gasteiger partial charge in [-0.3, -0.25) is 4.79 Å². The van der Waals surface area contributed by atoms with E-state index in [9.17, 15) is 4.79 Å². The van der Waals surface area contributed by atoms with Gasteiger partial charge in [0.15, 0.2) is 0 Å². The summed E-state index contributed by atoms with van der Waals surface area (Å²) in [5.74, 6) is 1.67.